The van der Waals surface area contributed by atoms with Crippen molar-refractivity contribution in [2.45, 2.75) is 6.42 Å². The van der Waals surface area contributed by atoms with Gasteiger partial charge in [0.05, 0.1) is 18.8 Å². The van der Waals surface area contributed by atoms with Gasteiger partial charge in [-0.3, -0.25) is 4.79 Å². The molecule has 0 amide bonds. The van der Waals surface area contributed by atoms with E-state index in [1.54, 1.807) is 6.07 Å². The Hall–Kier alpha value is -1.56. The summed E-state index contributed by atoms with van der Waals surface area (Å²) in [5, 5.41) is 8.17. The van der Waals surface area contributed by atoms with E-state index in [9.17, 15) is 4.79 Å². The van der Waals surface area contributed by atoms with Gasteiger partial charge in [0.2, 0.25) is 0 Å². The van der Waals surface area contributed by atoms with Crippen molar-refractivity contribution in [3.05, 3.63) is 25.0 Å². The molecule has 0 aliphatic rings. The van der Waals surface area contributed by atoms with E-state index in [1.165, 1.54) is 0 Å². The number of ether oxygens (including phenoxy) is 1. The monoisotopic (exact) mass is 137 g/mol. The average molecular weight is 137 g/mol. The van der Waals surface area contributed by atoms with E-state index in [0.29, 0.717) is 0 Å². The lowest BCUT2D eigenvalue weighted by atomic mass is 10.2. The van der Waals surface area contributed by atoms with Crippen molar-refractivity contribution < 1.29 is 9.53 Å². The number of hydrogen-bond acceptors (Lipinski definition) is 3. The van der Waals surface area contributed by atoms with Crippen LogP contribution in [0.25, 0.3) is 0 Å². The highest BCUT2D eigenvalue weighted by Gasteiger charge is 2.01. The van der Waals surface area contributed by atoms with Gasteiger partial charge in [-0.25, -0.2) is 0 Å². The molecule has 3 heteroatoms. The van der Waals surface area contributed by atoms with Crippen LogP contribution in [0.4, 0.5) is 0 Å². The van der Waals surface area contributed by atoms with Crippen LogP contribution in [0.15, 0.2) is 25.0 Å². The third-order valence-corrected chi connectivity index (χ3v) is 0.731. The van der Waals surface area contributed by atoms with E-state index < -0.39 is 5.97 Å². The molecule has 0 heterocycles. The molecule has 0 rings (SSSR count). The van der Waals surface area contributed by atoms with E-state index in [0.717, 1.165) is 6.26 Å². The lowest BCUT2D eigenvalue weighted by Crippen LogP contribution is -1.98. The first-order chi connectivity index (χ1) is 4.70. The van der Waals surface area contributed by atoms with Crippen LogP contribution >= 0.6 is 0 Å². The molecule has 0 spiro atoms. The minimum Gasteiger partial charge on any atom is -0.435 e. The van der Waals surface area contributed by atoms with E-state index in [1.807, 2.05) is 0 Å². The lowest BCUT2D eigenvalue weighted by molar-refractivity contribution is -0.137. The summed E-state index contributed by atoms with van der Waals surface area (Å²) in [6, 6.07) is 1.72. The van der Waals surface area contributed by atoms with Gasteiger partial charge < -0.3 is 4.74 Å². The van der Waals surface area contributed by atoms with Gasteiger partial charge in [0, 0.05) is 5.57 Å². The van der Waals surface area contributed by atoms with Crippen molar-refractivity contribution >= 4 is 5.97 Å². The summed E-state index contributed by atoms with van der Waals surface area (Å²) < 4.78 is 4.33. The smallest absolute Gasteiger partial charge is 0.315 e. The molecule has 0 aliphatic heterocycles. The molecule has 0 radical (unpaired) electrons. The summed E-state index contributed by atoms with van der Waals surface area (Å²) in [4.78, 5) is 10.5. The van der Waals surface area contributed by atoms with Crippen LogP contribution in [-0.4, -0.2) is 5.97 Å². The minimum atomic E-state index is -0.512. The Balaban J connectivity index is 3.71. The van der Waals surface area contributed by atoms with Gasteiger partial charge >= 0.3 is 5.97 Å². The Labute approximate surface area is 59.2 Å². The molecule has 52 valence electrons. The van der Waals surface area contributed by atoms with Gasteiger partial charge in [-0.2, -0.15) is 5.26 Å². The van der Waals surface area contributed by atoms with Gasteiger partial charge in [-0.1, -0.05) is 13.2 Å². The second kappa shape index (κ2) is 4.33. The lowest BCUT2D eigenvalue weighted by Gasteiger charge is -1.93. The van der Waals surface area contributed by atoms with Crippen LogP contribution in [0.2, 0.25) is 0 Å². The maximum Gasteiger partial charge on any atom is 0.315 e. The van der Waals surface area contributed by atoms with Gasteiger partial charge in [0.1, 0.15) is 0 Å². The highest BCUT2D eigenvalue weighted by atomic mass is 16.5. The minimum absolute atomic E-state index is 0.0669. The molecule has 10 heavy (non-hydrogen) atoms. The Bertz CT molecular complexity index is 200. The largest absolute Gasteiger partial charge is 0.435 e. The van der Waals surface area contributed by atoms with Gasteiger partial charge in [0.15, 0.2) is 0 Å². The number of carbonyl (C=O) groups is 1. The van der Waals surface area contributed by atoms with Gasteiger partial charge in [-0.05, 0) is 0 Å². The molecule has 3 nitrogen and oxygen atoms in total. The van der Waals surface area contributed by atoms with Gasteiger partial charge in [-0.15, -0.1) is 0 Å². The van der Waals surface area contributed by atoms with E-state index >= 15 is 0 Å². The fraction of sp³-hybridized carbons (Fsp3) is 0.143. The SMILES string of the molecule is C=COC(=O)CC(=C)C#N. The highest BCUT2D eigenvalue weighted by molar-refractivity contribution is 5.73. The van der Waals surface area contributed by atoms with Crippen molar-refractivity contribution in [1.29, 1.82) is 5.26 Å². The van der Waals surface area contributed by atoms with Crippen LogP contribution in [0, 0.1) is 11.3 Å². The van der Waals surface area contributed by atoms with Crippen molar-refractivity contribution in [2.75, 3.05) is 0 Å². The predicted octanol–water partition coefficient (Wildman–Crippen LogP) is 1.14. The van der Waals surface area contributed by atoms with E-state index in [-0.39, 0.29) is 12.0 Å². The summed E-state index contributed by atoms with van der Waals surface area (Å²) in [5.74, 6) is -0.512. The summed E-state index contributed by atoms with van der Waals surface area (Å²) >= 11 is 0. The maximum absolute atomic E-state index is 10.5. The molecule has 0 atom stereocenters. The molecule has 0 aliphatic carbocycles. The topological polar surface area (TPSA) is 50.1 Å². The molecule has 0 N–H and O–H groups in total. The molecule has 0 saturated carbocycles. The molecule has 0 aromatic carbocycles. The van der Waals surface area contributed by atoms with Gasteiger partial charge in [0.25, 0.3) is 0 Å². The van der Waals surface area contributed by atoms with Crippen LogP contribution in [-0.2, 0) is 9.53 Å². The number of carbonyl (C=O) groups excluding carboxylic acids is 1. The molecule has 0 saturated heterocycles. The highest BCUT2D eigenvalue weighted by Crippen LogP contribution is 1.97. The Morgan fingerprint density at radius 1 is 1.80 bits per heavy atom. The third-order valence-electron chi connectivity index (χ3n) is 0.731. The zero-order valence-corrected chi connectivity index (χ0v) is 5.46. The summed E-state index contributed by atoms with van der Waals surface area (Å²) in [6.45, 7) is 6.48. The van der Waals surface area contributed by atoms with E-state index in [4.69, 9.17) is 5.26 Å². The molecule has 0 unspecified atom stereocenters. The van der Waals surface area contributed by atoms with Crippen LogP contribution in [0.1, 0.15) is 6.42 Å². The second-order valence-corrected chi connectivity index (χ2v) is 1.55. The Morgan fingerprint density at radius 2 is 2.40 bits per heavy atom. The van der Waals surface area contributed by atoms with Crippen LogP contribution in [0.3, 0.4) is 0 Å². The second-order valence-electron chi connectivity index (χ2n) is 1.55. The fourth-order valence-electron chi connectivity index (χ4n) is 0.348. The number of hydrogen-bond donors (Lipinski definition) is 0. The van der Waals surface area contributed by atoms with Crippen LogP contribution in [0.5, 0.6) is 0 Å². The molecule has 0 fully saturated rings. The standard InChI is InChI=1S/C7H7NO2/c1-3-10-7(9)4-6(2)5-8/h3H,1-2,4H2. The zero-order valence-electron chi connectivity index (χ0n) is 5.46. The Kier molecular flexibility index (Phi) is 3.66. The summed E-state index contributed by atoms with van der Waals surface area (Å²) in [7, 11) is 0. The number of rotatable bonds is 3. The predicted molar refractivity (Wildman–Crippen MR) is 35.7 cm³/mol. The number of esters is 1. The Morgan fingerprint density at radius 3 is 2.80 bits per heavy atom. The zero-order chi connectivity index (χ0) is 7.98. The van der Waals surface area contributed by atoms with Crippen molar-refractivity contribution in [2.24, 2.45) is 0 Å². The quantitative estimate of drug-likeness (QED) is 0.333. The summed E-state index contributed by atoms with van der Waals surface area (Å²) in [6.07, 6.45) is 0.954. The molecular weight excluding hydrogens is 130 g/mol. The maximum atomic E-state index is 10.5. The normalized spacial score (nSPS) is 7.50. The van der Waals surface area contributed by atoms with Crippen molar-refractivity contribution in [3.8, 4) is 6.07 Å². The molecule has 0 aromatic heterocycles. The first-order valence-electron chi connectivity index (χ1n) is 2.59. The summed E-state index contributed by atoms with van der Waals surface area (Å²) in [5.41, 5.74) is 0.187. The van der Waals surface area contributed by atoms with Crippen LogP contribution < -0.4 is 0 Å². The molecule has 0 aromatic rings. The van der Waals surface area contributed by atoms with E-state index in [2.05, 4.69) is 17.9 Å². The third kappa shape index (κ3) is 3.44. The fourth-order valence-corrected chi connectivity index (χ4v) is 0.348. The van der Waals surface area contributed by atoms with Crippen molar-refractivity contribution in [1.82, 2.24) is 0 Å². The number of nitrogens with zero attached hydrogens (tertiary/aromatic N) is 1. The average Bonchev–Trinajstić information content (AvgIpc) is 1.88. The molecule has 0 bridgehead atoms. The first-order valence-corrected chi connectivity index (χ1v) is 2.59. The van der Waals surface area contributed by atoms with Crippen molar-refractivity contribution in [3.63, 3.8) is 0 Å². The molecular formula is C7H7NO2. The number of nitriles is 1. The first kappa shape index (κ1) is 8.44.